The lowest BCUT2D eigenvalue weighted by molar-refractivity contribution is -0.192. The number of rotatable bonds is 4. The number of aromatic hydroxyl groups is 2. The molecular formula is C17H17F3N6O11S. The van der Waals surface area contributed by atoms with E-state index in [4.69, 9.17) is 15.6 Å². The van der Waals surface area contributed by atoms with Gasteiger partial charge in [0.05, 0.1) is 19.6 Å². The van der Waals surface area contributed by atoms with Crippen molar-refractivity contribution >= 4 is 45.8 Å². The number of hydrazine groups is 1. The highest BCUT2D eigenvalue weighted by Gasteiger charge is 2.44. The molecule has 17 nitrogen and oxygen atoms in total. The first-order valence-corrected chi connectivity index (χ1v) is 11.2. The van der Waals surface area contributed by atoms with E-state index in [0.717, 1.165) is 18.2 Å². The molecule has 3 rings (SSSR count). The minimum Gasteiger partial charge on any atom is -0.504 e. The molecule has 6 amide bonds. The Morgan fingerprint density at radius 2 is 1.61 bits per heavy atom. The van der Waals surface area contributed by atoms with Crippen LogP contribution in [-0.4, -0.2) is 105 Å². The number of halogens is 3. The largest absolute Gasteiger partial charge is 0.504 e. The summed E-state index contributed by atoms with van der Waals surface area (Å²) in [6.45, 7) is -1.27. The summed E-state index contributed by atoms with van der Waals surface area (Å²) >= 11 is 0. The number of likely N-dealkylation sites (tertiary alicyclic amines) is 1. The van der Waals surface area contributed by atoms with Gasteiger partial charge in [0, 0.05) is 5.56 Å². The number of hydrogen-bond acceptors (Lipinski definition) is 11. The molecule has 0 unspecified atom stereocenters. The summed E-state index contributed by atoms with van der Waals surface area (Å²) in [5.41, 5.74) is 7.23. The normalized spacial score (nSPS) is 17.7. The number of piperazine rings is 1. The molecular weight excluding hydrogens is 553 g/mol. The van der Waals surface area contributed by atoms with Crippen molar-refractivity contribution in [2.24, 2.45) is 5.73 Å². The van der Waals surface area contributed by atoms with Gasteiger partial charge in [-0.15, -0.1) is 0 Å². The lowest BCUT2D eigenvalue weighted by Gasteiger charge is -2.35. The number of nitrogens with zero attached hydrogens (tertiary/aromatic N) is 3. The van der Waals surface area contributed by atoms with E-state index in [1.54, 1.807) is 0 Å². The maximum absolute atomic E-state index is 12.3. The number of aliphatic carboxylic acids is 1. The van der Waals surface area contributed by atoms with Gasteiger partial charge in [0.15, 0.2) is 11.5 Å². The molecule has 0 radical (unpaired) electrons. The molecule has 0 aromatic heterocycles. The van der Waals surface area contributed by atoms with Gasteiger partial charge >= 0.3 is 40.2 Å². The molecule has 0 aliphatic carbocycles. The number of carbonyl (C=O) groups excluding carboxylic acids is 5. The van der Waals surface area contributed by atoms with Crippen molar-refractivity contribution in [1.82, 2.24) is 24.4 Å². The van der Waals surface area contributed by atoms with Crippen LogP contribution in [0.2, 0.25) is 0 Å². The van der Waals surface area contributed by atoms with Crippen LogP contribution < -0.4 is 15.9 Å². The first kappa shape index (κ1) is 29.6. The number of amides is 6. The SMILES string of the molecule is N[C@H]1CN(C(=O)NS(=O)(=O)N2CCN(NC(=O)c3ccc(O)c(O)c3)C(=O)C2=O)C1=O.O=C(O)C(F)(F)F. The zero-order chi connectivity index (χ0) is 29.2. The second-order valence-corrected chi connectivity index (χ2v) is 8.84. The van der Waals surface area contributed by atoms with Crippen LogP contribution in [-0.2, 0) is 29.4 Å². The number of carbonyl (C=O) groups is 6. The van der Waals surface area contributed by atoms with Crippen molar-refractivity contribution in [1.29, 1.82) is 0 Å². The number of carboxylic acids is 1. The van der Waals surface area contributed by atoms with Gasteiger partial charge in [0.1, 0.15) is 6.04 Å². The fourth-order valence-corrected chi connectivity index (χ4v) is 3.72. The smallest absolute Gasteiger partial charge is 0.490 e. The molecule has 2 fully saturated rings. The predicted molar refractivity (Wildman–Crippen MR) is 111 cm³/mol. The van der Waals surface area contributed by atoms with Crippen molar-refractivity contribution in [2.75, 3.05) is 19.6 Å². The average Bonchev–Trinajstić information content (AvgIpc) is 2.81. The summed E-state index contributed by atoms with van der Waals surface area (Å²) in [5, 5.41) is 26.4. The zero-order valence-corrected chi connectivity index (χ0v) is 19.3. The highest BCUT2D eigenvalue weighted by molar-refractivity contribution is 7.88. The maximum atomic E-state index is 12.3. The predicted octanol–water partition coefficient (Wildman–Crippen LogP) is -2.83. The highest BCUT2D eigenvalue weighted by atomic mass is 32.2. The van der Waals surface area contributed by atoms with Crippen LogP contribution >= 0.6 is 0 Å². The molecule has 38 heavy (non-hydrogen) atoms. The Bertz CT molecular complexity index is 1300. The second-order valence-electron chi connectivity index (χ2n) is 7.25. The Kier molecular flexibility index (Phi) is 8.37. The summed E-state index contributed by atoms with van der Waals surface area (Å²) in [4.78, 5) is 69.3. The molecule has 2 aliphatic heterocycles. The van der Waals surface area contributed by atoms with E-state index >= 15 is 0 Å². The summed E-state index contributed by atoms with van der Waals surface area (Å²) in [6.07, 6.45) is -5.08. The number of phenolic OH excluding ortho intramolecular Hbond substituents is 2. The molecule has 1 aromatic rings. The number of imide groups is 1. The standard InChI is InChI=1S/C15H16N6O9S.C2HF3O2/c16-8-6-19(12(8)25)15(28)18-31(29,30)21-4-3-20(13(26)14(21)27)17-11(24)7-1-2-9(22)10(23)5-7;3-2(4,5)1(6)7/h1-2,5,8,22-23H,3-4,6,16H2,(H,17,24)(H,18,28);(H,6,7)/t8-;/m0./s1. The average molecular weight is 570 g/mol. The third kappa shape index (κ3) is 6.56. The molecule has 2 aliphatic rings. The van der Waals surface area contributed by atoms with Gasteiger partial charge in [-0.25, -0.2) is 23.6 Å². The van der Waals surface area contributed by atoms with Crippen LogP contribution in [0.5, 0.6) is 11.5 Å². The van der Waals surface area contributed by atoms with Gasteiger partial charge in [-0.2, -0.15) is 21.6 Å². The monoisotopic (exact) mass is 570 g/mol. The van der Waals surface area contributed by atoms with Gasteiger partial charge in [-0.1, -0.05) is 0 Å². The third-order valence-electron chi connectivity index (χ3n) is 4.61. The number of urea groups is 1. The van der Waals surface area contributed by atoms with E-state index in [1.165, 1.54) is 4.72 Å². The number of hydrogen-bond donors (Lipinski definition) is 6. The van der Waals surface area contributed by atoms with E-state index in [1.807, 2.05) is 0 Å². The number of nitrogens with two attached hydrogens (primary N) is 1. The number of carboxylic acid groups (broad SMARTS) is 1. The Labute approximate surface area is 209 Å². The van der Waals surface area contributed by atoms with Crippen LogP contribution in [0.1, 0.15) is 10.4 Å². The van der Waals surface area contributed by atoms with Gasteiger partial charge < -0.3 is 21.1 Å². The quantitative estimate of drug-likeness (QED) is 0.122. The molecule has 208 valence electrons. The Balaban J connectivity index is 0.000000638. The van der Waals surface area contributed by atoms with E-state index in [2.05, 4.69) is 5.43 Å². The highest BCUT2D eigenvalue weighted by Crippen LogP contribution is 2.24. The number of nitrogens with one attached hydrogen (secondary N) is 2. The molecule has 7 N–H and O–H groups in total. The molecule has 1 atom stereocenters. The Morgan fingerprint density at radius 1 is 1.03 bits per heavy atom. The number of benzene rings is 1. The summed E-state index contributed by atoms with van der Waals surface area (Å²) < 4.78 is 57.9. The number of β-lactam (4-membered cyclic amide) rings is 1. The van der Waals surface area contributed by atoms with Gasteiger partial charge in [-0.05, 0) is 18.2 Å². The van der Waals surface area contributed by atoms with Crippen LogP contribution in [0.15, 0.2) is 18.2 Å². The van der Waals surface area contributed by atoms with E-state index in [-0.39, 0.29) is 16.4 Å². The topological polar surface area (TPSA) is 257 Å². The maximum Gasteiger partial charge on any atom is 0.490 e. The van der Waals surface area contributed by atoms with Crippen molar-refractivity contribution in [3.05, 3.63) is 23.8 Å². The molecule has 0 spiro atoms. The molecule has 2 heterocycles. The number of phenols is 2. The van der Waals surface area contributed by atoms with Crippen molar-refractivity contribution in [3.8, 4) is 11.5 Å². The van der Waals surface area contributed by atoms with Gasteiger partial charge in [0.25, 0.3) is 5.91 Å². The van der Waals surface area contributed by atoms with E-state index in [0.29, 0.717) is 9.91 Å². The number of alkyl halides is 3. The molecule has 0 saturated carbocycles. The summed E-state index contributed by atoms with van der Waals surface area (Å²) in [6, 6.07) is 0.820. The van der Waals surface area contributed by atoms with Gasteiger partial charge in [0.2, 0.25) is 5.91 Å². The molecule has 0 bridgehead atoms. The Morgan fingerprint density at radius 3 is 2.08 bits per heavy atom. The lowest BCUT2D eigenvalue weighted by atomic mass is 10.1. The zero-order valence-electron chi connectivity index (χ0n) is 18.5. The summed E-state index contributed by atoms with van der Waals surface area (Å²) in [7, 11) is -4.81. The van der Waals surface area contributed by atoms with E-state index in [9.17, 15) is 55.8 Å². The Hall–Kier alpha value is -4.66. The van der Waals surface area contributed by atoms with Crippen molar-refractivity contribution < 1.29 is 65.7 Å². The second kappa shape index (κ2) is 10.8. The minimum atomic E-state index is -5.08. The molecule has 21 heteroatoms. The fraction of sp³-hybridized carbons (Fsp3) is 0.294. The van der Waals surface area contributed by atoms with Crippen LogP contribution in [0.3, 0.4) is 0 Å². The minimum absolute atomic E-state index is 0.0897. The summed E-state index contributed by atoms with van der Waals surface area (Å²) in [5.74, 6) is -8.53. The van der Waals surface area contributed by atoms with Gasteiger partial charge in [-0.3, -0.25) is 29.5 Å². The fourth-order valence-electron chi connectivity index (χ4n) is 2.66. The molecule has 1 aromatic carbocycles. The molecule has 2 saturated heterocycles. The van der Waals surface area contributed by atoms with Crippen molar-refractivity contribution in [3.63, 3.8) is 0 Å². The van der Waals surface area contributed by atoms with Crippen LogP contribution in [0.4, 0.5) is 18.0 Å². The lowest BCUT2D eigenvalue weighted by Crippen LogP contribution is -2.67. The van der Waals surface area contributed by atoms with Crippen LogP contribution in [0, 0.1) is 0 Å². The van der Waals surface area contributed by atoms with Crippen LogP contribution in [0.25, 0.3) is 0 Å². The first-order valence-electron chi connectivity index (χ1n) is 9.77. The first-order chi connectivity index (χ1) is 17.4. The van der Waals surface area contributed by atoms with E-state index < -0.39 is 82.6 Å². The van der Waals surface area contributed by atoms with Crippen molar-refractivity contribution in [2.45, 2.75) is 12.2 Å². The third-order valence-corrected chi connectivity index (χ3v) is 5.97.